The van der Waals surface area contributed by atoms with E-state index in [-0.39, 0.29) is 18.9 Å². The molecule has 0 aliphatic carbocycles. The van der Waals surface area contributed by atoms with Gasteiger partial charge in [0.05, 0.1) is 6.61 Å². The standard InChI is InChI=1S/C9H18N2O2/c1-10-5-3-8(7-10)11(2)9(13)4-6-12/h8,12H,3-7H2,1-2H3. The zero-order chi connectivity index (χ0) is 9.84. The van der Waals surface area contributed by atoms with Gasteiger partial charge in [0.1, 0.15) is 0 Å². The number of likely N-dealkylation sites (N-methyl/N-ethyl adjacent to an activating group) is 2. The molecule has 4 nitrogen and oxygen atoms in total. The van der Waals surface area contributed by atoms with Crippen LogP contribution in [0.1, 0.15) is 12.8 Å². The van der Waals surface area contributed by atoms with Crippen LogP contribution in [-0.4, -0.2) is 60.6 Å². The van der Waals surface area contributed by atoms with Crippen molar-refractivity contribution in [2.75, 3.05) is 33.8 Å². The molecule has 0 aromatic rings. The molecule has 1 aliphatic rings. The molecule has 1 fully saturated rings. The van der Waals surface area contributed by atoms with E-state index in [1.807, 2.05) is 7.05 Å². The van der Waals surface area contributed by atoms with Gasteiger partial charge in [0, 0.05) is 26.1 Å². The van der Waals surface area contributed by atoms with Crippen molar-refractivity contribution >= 4 is 5.91 Å². The first kappa shape index (κ1) is 10.5. The Kier molecular flexibility index (Phi) is 3.69. The predicted octanol–water partition coefficient (Wildman–Crippen LogP) is -0.469. The molecule has 1 saturated heterocycles. The maximum Gasteiger partial charge on any atom is 0.224 e. The molecule has 0 saturated carbocycles. The van der Waals surface area contributed by atoms with Crippen molar-refractivity contribution in [1.29, 1.82) is 0 Å². The van der Waals surface area contributed by atoms with Crippen molar-refractivity contribution in [3.8, 4) is 0 Å². The third kappa shape index (κ3) is 2.67. The Morgan fingerprint density at radius 3 is 2.85 bits per heavy atom. The lowest BCUT2D eigenvalue weighted by Crippen LogP contribution is -2.38. The maximum absolute atomic E-state index is 11.4. The lowest BCUT2D eigenvalue weighted by molar-refractivity contribution is -0.132. The maximum atomic E-state index is 11.4. The number of hydrogen-bond acceptors (Lipinski definition) is 3. The topological polar surface area (TPSA) is 43.8 Å². The van der Waals surface area contributed by atoms with Crippen LogP contribution in [0.3, 0.4) is 0 Å². The Balaban J connectivity index is 2.38. The van der Waals surface area contributed by atoms with Gasteiger partial charge < -0.3 is 14.9 Å². The molecule has 4 heteroatoms. The van der Waals surface area contributed by atoms with Gasteiger partial charge in [-0.05, 0) is 20.0 Å². The molecule has 0 radical (unpaired) electrons. The number of nitrogens with zero attached hydrogens (tertiary/aromatic N) is 2. The van der Waals surface area contributed by atoms with Gasteiger partial charge in [-0.15, -0.1) is 0 Å². The third-order valence-electron chi connectivity index (χ3n) is 2.63. The number of aliphatic hydroxyl groups excluding tert-OH is 1. The third-order valence-corrected chi connectivity index (χ3v) is 2.63. The fraction of sp³-hybridized carbons (Fsp3) is 0.889. The molecular weight excluding hydrogens is 168 g/mol. The first-order chi connectivity index (χ1) is 6.15. The van der Waals surface area contributed by atoms with E-state index in [9.17, 15) is 4.79 Å². The number of aliphatic hydroxyl groups is 1. The van der Waals surface area contributed by atoms with Crippen molar-refractivity contribution in [2.24, 2.45) is 0 Å². The van der Waals surface area contributed by atoms with Crippen LogP contribution in [0.2, 0.25) is 0 Å². The van der Waals surface area contributed by atoms with E-state index in [1.54, 1.807) is 4.90 Å². The van der Waals surface area contributed by atoms with Crippen molar-refractivity contribution < 1.29 is 9.90 Å². The minimum atomic E-state index is -0.0499. The fourth-order valence-corrected chi connectivity index (χ4v) is 1.70. The van der Waals surface area contributed by atoms with Gasteiger partial charge in [0.15, 0.2) is 0 Å². The SMILES string of the molecule is CN1CCC(N(C)C(=O)CCO)C1. The molecule has 1 N–H and O–H groups in total. The van der Waals surface area contributed by atoms with Gasteiger partial charge in [-0.25, -0.2) is 0 Å². The van der Waals surface area contributed by atoms with Crippen molar-refractivity contribution in [2.45, 2.75) is 18.9 Å². The van der Waals surface area contributed by atoms with Gasteiger partial charge in [0.25, 0.3) is 0 Å². The molecule has 76 valence electrons. The van der Waals surface area contributed by atoms with Crippen molar-refractivity contribution in [3.05, 3.63) is 0 Å². The summed E-state index contributed by atoms with van der Waals surface area (Å²) in [6.07, 6.45) is 1.29. The zero-order valence-corrected chi connectivity index (χ0v) is 8.36. The quantitative estimate of drug-likeness (QED) is 0.648. The van der Waals surface area contributed by atoms with Crippen LogP contribution < -0.4 is 0 Å². The summed E-state index contributed by atoms with van der Waals surface area (Å²) in [5.41, 5.74) is 0. The smallest absolute Gasteiger partial charge is 0.224 e. The average molecular weight is 186 g/mol. The highest BCUT2D eigenvalue weighted by Gasteiger charge is 2.25. The lowest BCUT2D eigenvalue weighted by atomic mass is 10.2. The zero-order valence-electron chi connectivity index (χ0n) is 8.36. The summed E-state index contributed by atoms with van der Waals surface area (Å²) in [7, 11) is 3.88. The van der Waals surface area contributed by atoms with Crippen LogP contribution >= 0.6 is 0 Å². The summed E-state index contributed by atoms with van der Waals surface area (Å²) in [6, 6.07) is 0.337. The Morgan fingerprint density at radius 1 is 1.69 bits per heavy atom. The molecule has 1 heterocycles. The number of carbonyl (C=O) groups excluding carboxylic acids is 1. The minimum Gasteiger partial charge on any atom is -0.396 e. The van der Waals surface area contributed by atoms with Crippen LogP contribution in [0.5, 0.6) is 0 Å². The number of hydrogen-bond donors (Lipinski definition) is 1. The second-order valence-corrected chi connectivity index (χ2v) is 3.68. The van der Waals surface area contributed by atoms with E-state index >= 15 is 0 Å². The van der Waals surface area contributed by atoms with Crippen molar-refractivity contribution in [3.63, 3.8) is 0 Å². The Bertz CT molecular complexity index is 184. The summed E-state index contributed by atoms with van der Waals surface area (Å²) in [4.78, 5) is 15.4. The molecule has 1 atom stereocenters. The molecule has 0 aromatic heterocycles. The number of likely N-dealkylation sites (tertiary alicyclic amines) is 1. The Labute approximate surface area is 79.1 Å². The van der Waals surface area contributed by atoms with Crippen LogP contribution in [-0.2, 0) is 4.79 Å². The van der Waals surface area contributed by atoms with Gasteiger partial charge in [0.2, 0.25) is 5.91 Å². The predicted molar refractivity (Wildman–Crippen MR) is 50.4 cm³/mol. The van der Waals surface area contributed by atoms with E-state index in [0.717, 1.165) is 19.5 Å². The fourth-order valence-electron chi connectivity index (χ4n) is 1.70. The molecule has 13 heavy (non-hydrogen) atoms. The van der Waals surface area contributed by atoms with Gasteiger partial charge in [-0.3, -0.25) is 4.79 Å². The normalized spacial score (nSPS) is 23.5. The molecule has 0 bridgehead atoms. The van der Waals surface area contributed by atoms with Crippen LogP contribution in [0, 0.1) is 0 Å². The summed E-state index contributed by atoms with van der Waals surface area (Å²) >= 11 is 0. The van der Waals surface area contributed by atoms with Crippen molar-refractivity contribution in [1.82, 2.24) is 9.80 Å². The number of carbonyl (C=O) groups is 1. The van der Waals surface area contributed by atoms with E-state index in [4.69, 9.17) is 5.11 Å². The van der Waals surface area contributed by atoms with Crippen LogP contribution in [0.4, 0.5) is 0 Å². The molecule has 1 rings (SSSR count). The molecule has 1 amide bonds. The monoisotopic (exact) mass is 186 g/mol. The lowest BCUT2D eigenvalue weighted by Gasteiger charge is -2.24. The summed E-state index contributed by atoms with van der Waals surface area (Å²) < 4.78 is 0. The summed E-state index contributed by atoms with van der Waals surface area (Å²) in [5, 5.41) is 8.62. The highest BCUT2D eigenvalue weighted by molar-refractivity contribution is 5.76. The number of amides is 1. The average Bonchev–Trinajstić information content (AvgIpc) is 2.51. The molecular formula is C9H18N2O2. The Morgan fingerprint density at radius 2 is 2.38 bits per heavy atom. The summed E-state index contributed by atoms with van der Waals surface area (Å²) in [6.45, 7) is 1.96. The number of rotatable bonds is 3. The highest BCUT2D eigenvalue weighted by Crippen LogP contribution is 2.12. The van der Waals surface area contributed by atoms with E-state index in [1.165, 1.54) is 0 Å². The highest BCUT2D eigenvalue weighted by atomic mass is 16.3. The second-order valence-electron chi connectivity index (χ2n) is 3.68. The first-order valence-electron chi connectivity index (χ1n) is 4.70. The van der Waals surface area contributed by atoms with E-state index in [2.05, 4.69) is 11.9 Å². The van der Waals surface area contributed by atoms with Gasteiger partial charge in [-0.1, -0.05) is 0 Å². The van der Waals surface area contributed by atoms with E-state index < -0.39 is 0 Å². The first-order valence-corrected chi connectivity index (χ1v) is 4.70. The molecule has 0 aromatic carbocycles. The van der Waals surface area contributed by atoms with E-state index in [0.29, 0.717) is 6.04 Å². The minimum absolute atomic E-state index is 0.0443. The molecule has 1 aliphatic heterocycles. The summed E-state index contributed by atoms with van der Waals surface area (Å²) in [5.74, 6) is 0.0443. The second kappa shape index (κ2) is 4.58. The largest absolute Gasteiger partial charge is 0.396 e. The van der Waals surface area contributed by atoms with Gasteiger partial charge in [-0.2, -0.15) is 0 Å². The molecule has 1 unspecified atom stereocenters. The van der Waals surface area contributed by atoms with Crippen LogP contribution in [0.15, 0.2) is 0 Å². The molecule has 0 spiro atoms. The Hall–Kier alpha value is -0.610. The van der Waals surface area contributed by atoms with Crippen LogP contribution in [0.25, 0.3) is 0 Å². The van der Waals surface area contributed by atoms with Gasteiger partial charge >= 0.3 is 0 Å².